The molecule has 0 amide bonds. The molecule has 0 aromatic rings. The van der Waals surface area contributed by atoms with Crippen LogP contribution in [0.25, 0.3) is 0 Å². The summed E-state index contributed by atoms with van der Waals surface area (Å²) < 4.78 is 5.45. The van der Waals surface area contributed by atoms with Crippen LogP contribution < -0.4 is 0 Å². The van der Waals surface area contributed by atoms with Gasteiger partial charge in [0.2, 0.25) is 0 Å². The average Bonchev–Trinajstić information content (AvgIpc) is 1.27. The van der Waals surface area contributed by atoms with E-state index in [2.05, 4.69) is 26.2 Å². The minimum atomic E-state index is -0.389. The summed E-state index contributed by atoms with van der Waals surface area (Å²) in [5.74, 6) is 0. The van der Waals surface area contributed by atoms with E-state index in [4.69, 9.17) is 4.12 Å². The highest BCUT2D eigenvalue weighted by molar-refractivity contribution is 6.63. The Hall–Kier alpha value is 0.394. The second-order valence-corrected chi connectivity index (χ2v) is 6.37. The zero-order chi connectivity index (χ0) is 5.86. The van der Waals surface area contributed by atoms with Gasteiger partial charge in [-0.25, -0.2) is 0 Å². The van der Waals surface area contributed by atoms with Crippen molar-refractivity contribution in [2.75, 3.05) is 0 Å². The van der Waals surface area contributed by atoms with Gasteiger partial charge >= 0.3 is 0 Å². The van der Waals surface area contributed by atoms with Crippen LogP contribution in [0.3, 0.4) is 0 Å². The first kappa shape index (κ1) is 7.39. The van der Waals surface area contributed by atoms with Crippen molar-refractivity contribution >= 4 is 18.1 Å². The highest BCUT2D eigenvalue weighted by atomic mass is 28.4. The SMILES string of the molecule is C[Si](C)O[Si](C)C. The monoisotopic (exact) mass is 132 g/mol. The van der Waals surface area contributed by atoms with E-state index in [0.717, 1.165) is 0 Å². The summed E-state index contributed by atoms with van der Waals surface area (Å²) >= 11 is 0. The van der Waals surface area contributed by atoms with E-state index >= 15 is 0 Å². The highest BCUT2D eigenvalue weighted by Gasteiger charge is 1.99. The summed E-state index contributed by atoms with van der Waals surface area (Å²) in [6, 6.07) is 0. The molecule has 0 aromatic carbocycles. The highest BCUT2D eigenvalue weighted by Crippen LogP contribution is 1.87. The molecule has 0 aliphatic heterocycles. The van der Waals surface area contributed by atoms with Gasteiger partial charge < -0.3 is 4.12 Å². The number of hydrogen-bond acceptors (Lipinski definition) is 1. The minimum absolute atomic E-state index is 0.389. The van der Waals surface area contributed by atoms with E-state index in [0.29, 0.717) is 0 Å². The normalized spacial score (nSPS) is 11.1. The zero-order valence-corrected chi connectivity index (χ0v) is 7.41. The van der Waals surface area contributed by atoms with Gasteiger partial charge in [-0.1, -0.05) is 0 Å². The largest absolute Gasteiger partial charge is 0.456 e. The molecule has 0 bridgehead atoms. The van der Waals surface area contributed by atoms with Gasteiger partial charge in [0.05, 0.1) is 0 Å². The fraction of sp³-hybridized carbons (Fsp3) is 1.00. The molecule has 0 saturated heterocycles. The first-order valence-corrected chi connectivity index (χ1v) is 7.22. The van der Waals surface area contributed by atoms with E-state index in [1.807, 2.05) is 0 Å². The molecule has 42 valence electrons. The van der Waals surface area contributed by atoms with Crippen molar-refractivity contribution < 1.29 is 4.12 Å². The van der Waals surface area contributed by atoms with Crippen LogP contribution in [-0.4, -0.2) is 18.1 Å². The molecule has 1 nitrogen and oxygen atoms in total. The molecule has 0 N–H and O–H groups in total. The molecule has 7 heavy (non-hydrogen) atoms. The van der Waals surface area contributed by atoms with E-state index in [9.17, 15) is 0 Å². The fourth-order valence-electron chi connectivity index (χ4n) is 0.408. The van der Waals surface area contributed by atoms with E-state index in [-0.39, 0.29) is 18.1 Å². The quantitative estimate of drug-likeness (QED) is 0.517. The van der Waals surface area contributed by atoms with E-state index in [1.54, 1.807) is 0 Å². The number of rotatable bonds is 2. The van der Waals surface area contributed by atoms with Crippen molar-refractivity contribution in [2.45, 2.75) is 26.2 Å². The molecule has 0 rings (SSSR count). The minimum Gasteiger partial charge on any atom is -0.456 e. The Balaban J connectivity index is 2.95. The molecule has 0 atom stereocenters. The van der Waals surface area contributed by atoms with Crippen molar-refractivity contribution in [3.05, 3.63) is 0 Å². The molecule has 3 heteroatoms. The van der Waals surface area contributed by atoms with Crippen LogP contribution in [0.4, 0.5) is 0 Å². The standard InChI is InChI=1S/C4H12OSi2/c1-6(2)5-7(3)4/h1-4H3. The van der Waals surface area contributed by atoms with Gasteiger partial charge in [0, 0.05) is 0 Å². The summed E-state index contributed by atoms with van der Waals surface area (Å²) in [6.07, 6.45) is 0. The Kier molecular flexibility index (Phi) is 3.59. The molecule has 0 fully saturated rings. The number of hydrogen-bond donors (Lipinski definition) is 0. The molecule has 0 saturated carbocycles. The molecule has 0 aliphatic carbocycles. The Labute approximate surface area is 49.1 Å². The topological polar surface area (TPSA) is 9.23 Å². The first-order valence-electron chi connectivity index (χ1n) is 2.41. The molecule has 2 radical (unpaired) electrons. The third-order valence-corrected chi connectivity index (χ3v) is 3.67. The van der Waals surface area contributed by atoms with Crippen LogP contribution in [0.5, 0.6) is 0 Å². The average molecular weight is 132 g/mol. The molecule has 0 heterocycles. The van der Waals surface area contributed by atoms with Crippen LogP contribution in [0.2, 0.25) is 26.2 Å². The molecular formula is C4H12OSi2. The summed E-state index contributed by atoms with van der Waals surface area (Å²) in [5.41, 5.74) is 0. The molecule has 0 aliphatic rings. The van der Waals surface area contributed by atoms with Crippen LogP contribution in [0, 0.1) is 0 Å². The Morgan fingerprint density at radius 1 is 0.857 bits per heavy atom. The molecule has 0 unspecified atom stereocenters. The molecule has 0 spiro atoms. The van der Waals surface area contributed by atoms with Crippen molar-refractivity contribution in [3.8, 4) is 0 Å². The van der Waals surface area contributed by atoms with Gasteiger partial charge in [0.15, 0.2) is 18.1 Å². The zero-order valence-electron chi connectivity index (χ0n) is 5.41. The van der Waals surface area contributed by atoms with Crippen LogP contribution in [0.15, 0.2) is 0 Å². The summed E-state index contributed by atoms with van der Waals surface area (Å²) in [7, 11) is -0.778. The van der Waals surface area contributed by atoms with E-state index in [1.165, 1.54) is 0 Å². The Morgan fingerprint density at radius 2 is 1.14 bits per heavy atom. The lowest BCUT2D eigenvalue weighted by atomic mass is 11.9. The molecular weight excluding hydrogens is 120 g/mol. The lowest BCUT2D eigenvalue weighted by Crippen LogP contribution is -2.17. The van der Waals surface area contributed by atoms with Gasteiger partial charge in [-0.2, -0.15) is 0 Å². The first-order chi connectivity index (χ1) is 3.13. The maximum Gasteiger partial charge on any atom is 0.191 e. The predicted molar refractivity (Wildman–Crippen MR) is 36.0 cm³/mol. The van der Waals surface area contributed by atoms with Gasteiger partial charge in [-0.15, -0.1) is 0 Å². The van der Waals surface area contributed by atoms with Crippen molar-refractivity contribution in [1.82, 2.24) is 0 Å². The van der Waals surface area contributed by atoms with Gasteiger partial charge in [0.1, 0.15) is 0 Å². The third-order valence-electron chi connectivity index (χ3n) is 0.408. The maximum atomic E-state index is 5.45. The lowest BCUT2D eigenvalue weighted by Gasteiger charge is -2.05. The second-order valence-electron chi connectivity index (χ2n) is 1.92. The van der Waals surface area contributed by atoms with Crippen LogP contribution in [0.1, 0.15) is 0 Å². The summed E-state index contributed by atoms with van der Waals surface area (Å²) in [5, 5.41) is 0. The van der Waals surface area contributed by atoms with Crippen molar-refractivity contribution in [2.24, 2.45) is 0 Å². The van der Waals surface area contributed by atoms with Crippen molar-refractivity contribution in [3.63, 3.8) is 0 Å². The van der Waals surface area contributed by atoms with Gasteiger partial charge in [-0.05, 0) is 26.2 Å². The molecule has 0 aromatic heterocycles. The summed E-state index contributed by atoms with van der Waals surface area (Å²) in [4.78, 5) is 0. The maximum absolute atomic E-state index is 5.45. The van der Waals surface area contributed by atoms with Gasteiger partial charge in [0.25, 0.3) is 0 Å². The van der Waals surface area contributed by atoms with E-state index < -0.39 is 0 Å². The Morgan fingerprint density at radius 3 is 1.14 bits per heavy atom. The van der Waals surface area contributed by atoms with Crippen molar-refractivity contribution in [1.29, 1.82) is 0 Å². The summed E-state index contributed by atoms with van der Waals surface area (Å²) in [6.45, 7) is 8.68. The van der Waals surface area contributed by atoms with Crippen LogP contribution >= 0.6 is 0 Å². The lowest BCUT2D eigenvalue weighted by molar-refractivity contribution is 0.608. The third kappa shape index (κ3) is 6.39. The van der Waals surface area contributed by atoms with Crippen LogP contribution in [-0.2, 0) is 4.12 Å². The van der Waals surface area contributed by atoms with Gasteiger partial charge in [-0.3, -0.25) is 0 Å². The smallest absolute Gasteiger partial charge is 0.191 e. The fourth-order valence-corrected chi connectivity index (χ4v) is 3.67. The second kappa shape index (κ2) is 3.40. The Bertz CT molecular complexity index is 39.0. The predicted octanol–water partition coefficient (Wildman–Crippen LogP) is 1.51.